The van der Waals surface area contributed by atoms with E-state index in [0.717, 1.165) is 11.1 Å². The first-order valence-corrected chi connectivity index (χ1v) is 8.38. The fourth-order valence-electron chi connectivity index (χ4n) is 5.33. The normalized spacial score (nSPS) is 40.8. The number of hydrogen-bond donors (Lipinski definition) is 1. The van der Waals surface area contributed by atoms with Crippen LogP contribution < -0.4 is 4.74 Å². The lowest BCUT2D eigenvalue weighted by Gasteiger charge is -2.56. The number of phenolic OH excluding ortho intramolecular Hbond substituents is 1. The molecular weight excluding hydrogens is 306 g/mol. The van der Waals surface area contributed by atoms with Crippen LogP contribution in [0.4, 0.5) is 0 Å². The number of esters is 1. The van der Waals surface area contributed by atoms with Crippen molar-refractivity contribution < 1.29 is 23.5 Å². The third-order valence-corrected chi connectivity index (χ3v) is 6.15. The van der Waals surface area contributed by atoms with Crippen molar-refractivity contribution in [2.75, 3.05) is 13.5 Å². The molecule has 1 aromatic rings. The van der Waals surface area contributed by atoms with Crippen LogP contribution in [-0.4, -0.2) is 47.7 Å². The third-order valence-electron chi connectivity index (χ3n) is 6.15. The van der Waals surface area contributed by atoms with Gasteiger partial charge in [0.25, 0.3) is 0 Å². The largest absolute Gasteiger partial charge is 0.504 e. The molecule has 1 fully saturated rings. The van der Waals surface area contributed by atoms with Crippen molar-refractivity contribution in [2.45, 2.75) is 43.4 Å². The molecule has 5 rings (SSSR count). The first-order valence-electron chi connectivity index (χ1n) is 9.88. The molecule has 2 aliphatic carbocycles. The maximum absolute atomic E-state index is 11.6. The zero-order valence-corrected chi connectivity index (χ0v) is 13.4. The standard InChI is InChI=1S/C19H21NO4/c1-10(21)23-15-6-4-12-13-9-11-3-5-14(22)17-16(11)19(12,18(15)24-17)7-8-20(13)2/h3-6,12-13,15,18,22H,7-9H2,1-2H3/t12?,13-,15?,18?,19+/m1/s1/i2D3. The van der Waals surface area contributed by atoms with Crippen molar-refractivity contribution in [3.8, 4) is 11.5 Å². The van der Waals surface area contributed by atoms with Gasteiger partial charge in [0.2, 0.25) is 0 Å². The van der Waals surface area contributed by atoms with E-state index in [1.165, 1.54) is 6.92 Å². The van der Waals surface area contributed by atoms with Gasteiger partial charge in [-0.05, 0) is 44.1 Å². The Balaban J connectivity index is 1.71. The monoisotopic (exact) mass is 330 g/mol. The van der Waals surface area contributed by atoms with E-state index < -0.39 is 30.6 Å². The van der Waals surface area contributed by atoms with Crippen LogP contribution in [0.1, 0.15) is 28.6 Å². The minimum atomic E-state index is -2.17. The van der Waals surface area contributed by atoms with Gasteiger partial charge in [0.1, 0.15) is 6.10 Å². The molecule has 2 heterocycles. The summed E-state index contributed by atoms with van der Waals surface area (Å²) in [6.07, 6.45) is 3.96. The number of hydrogen-bond acceptors (Lipinski definition) is 5. The highest BCUT2D eigenvalue weighted by Crippen LogP contribution is 2.62. The zero-order valence-electron chi connectivity index (χ0n) is 16.4. The number of nitrogens with zero attached hydrogens (tertiary/aromatic N) is 1. The quantitative estimate of drug-likeness (QED) is 0.628. The van der Waals surface area contributed by atoms with Crippen LogP contribution in [-0.2, 0) is 21.4 Å². The first kappa shape index (κ1) is 11.5. The number of carbonyl (C=O) groups is 1. The van der Waals surface area contributed by atoms with Gasteiger partial charge < -0.3 is 19.5 Å². The van der Waals surface area contributed by atoms with Gasteiger partial charge in [-0.15, -0.1) is 0 Å². The Morgan fingerprint density at radius 1 is 1.50 bits per heavy atom. The Kier molecular flexibility index (Phi) is 2.18. The lowest BCUT2D eigenvalue weighted by molar-refractivity contribution is -0.152. The topological polar surface area (TPSA) is 59.0 Å². The van der Waals surface area contributed by atoms with E-state index >= 15 is 0 Å². The van der Waals surface area contributed by atoms with Crippen LogP contribution in [0.25, 0.3) is 0 Å². The summed E-state index contributed by atoms with van der Waals surface area (Å²) in [7, 11) is 0. The van der Waals surface area contributed by atoms with Crippen LogP contribution in [0.3, 0.4) is 0 Å². The minimum Gasteiger partial charge on any atom is -0.504 e. The van der Waals surface area contributed by atoms with Crippen LogP contribution in [0.5, 0.6) is 11.5 Å². The molecule has 1 aromatic carbocycles. The lowest BCUT2D eigenvalue weighted by atomic mass is 9.53. The highest BCUT2D eigenvalue weighted by atomic mass is 16.6. The van der Waals surface area contributed by atoms with Crippen molar-refractivity contribution in [3.05, 3.63) is 35.4 Å². The molecule has 3 unspecified atom stereocenters. The van der Waals surface area contributed by atoms with E-state index in [9.17, 15) is 9.90 Å². The molecule has 0 amide bonds. The average molecular weight is 330 g/mol. The average Bonchev–Trinajstić information content (AvgIpc) is 2.91. The van der Waals surface area contributed by atoms with Gasteiger partial charge in [-0.2, -0.15) is 0 Å². The molecule has 126 valence electrons. The van der Waals surface area contributed by atoms with Crippen molar-refractivity contribution >= 4 is 5.97 Å². The number of ether oxygens (including phenoxy) is 2. The van der Waals surface area contributed by atoms with Gasteiger partial charge in [0.15, 0.2) is 17.6 Å². The maximum atomic E-state index is 11.6. The van der Waals surface area contributed by atoms with E-state index in [1.54, 1.807) is 11.0 Å². The van der Waals surface area contributed by atoms with E-state index in [1.807, 2.05) is 18.2 Å². The van der Waals surface area contributed by atoms with E-state index in [-0.39, 0.29) is 17.7 Å². The van der Waals surface area contributed by atoms with Crippen LogP contribution in [0.2, 0.25) is 0 Å². The molecule has 2 aliphatic heterocycles. The maximum Gasteiger partial charge on any atom is 0.303 e. The predicted octanol–water partition coefficient (Wildman–Crippen LogP) is 1.77. The van der Waals surface area contributed by atoms with E-state index in [4.69, 9.17) is 13.6 Å². The second-order valence-electron chi connectivity index (χ2n) is 7.23. The highest BCUT2D eigenvalue weighted by molar-refractivity contribution is 5.67. The number of rotatable bonds is 1. The first-order chi connectivity index (χ1) is 12.7. The molecule has 1 saturated heterocycles. The number of piperidine rings is 1. The predicted molar refractivity (Wildman–Crippen MR) is 87.1 cm³/mol. The van der Waals surface area contributed by atoms with Crippen LogP contribution in [0.15, 0.2) is 24.3 Å². The second-order valence-corrected chi connectivity index (χ2v) is 7.23. The lowest BCUT2D eigenvalue weighted by Crippen LogP contribution is -2.65. The molecule has 5 atom stereocenters. The Labute approximate surface area is 145 Å². The Morgan fingerprint density at radius 3 is 3.17 bits per heavy atom. The number of benzene rings is 1. The van der Waals surface area contributed by atoms with E-state index in [2.05, 4.69) is 0 Å². The fraction of sp³-hybridized carbons (Fsp3) is 0.526. The minimum absolute atomic E-state index is 0.0703. The van der Waals surface area contributed by atoms with Crippen LogP contribution in [0, 0.1) is 5.92 Å². The molecule has 24 heavy (non-hydrogen) atoms. The molecule has 5 heteroatoms. The van der Waals surface area contributed by atoms with E-state index in [0.29, 0.717) is 25.1 Å². The Bertz CT molecular complexity index is 867. The van der Waals surface area contributed by atoms with Crippen molar-refractivity contribution in [1.82, 2.24) is 4.90 Å². The molecular formula is C19H21NO4. The van der Waals surface area contributed by atoms with Crippen molar-refractivity contribution in [1.29, 1.82) is 0 Å². The SMILES string of the molecule is [2H]C([2H])([2H])N1CC[C@]23c4c5ccc(O)c4OC2C(OC(C)=O)C=CC3[C@H]1C5. The summed E-state index contributed by atoms with van der Waals surface area (Å²) in [4.78, 5) is 13.2. The number of phenols is 1. The molecule has 5 nitrogen and oxygen atoms in total. The Morgan fingerprint density at radius 2 is 2.38 bits per heavy atom. The number of likely N-dealkylation sites (tertiary alicyclic amines) is 1. The van der Waals surface area contributed by atoms with Gasteiger partial charge >= 0.3 is 5.97 Å². The van der Waals surface area contributed by atoms with Gasteiger partial charge in [0.05, 0.1) is 0 Å². The number of aromatic hydroxyl groups is 1. The molecule has 4 aliphatic rings. The van der Waals surface area contributed by atoms with Crippen LogP contribution >= 0.6 is 0 Å². The summed E-state index contributed by atoms with van der Waals surface area (Å²) in [6, 6.07) is 3.29. The molecule has 1 N–H and O–H groups in total. The second kappa shape index (κ2) is 4.54. The fourth-order valence-corrected chi connectivity index (χ4v) is 5.33. The van der Waals surface area contributed by atoms with Gasteiger partial charge in [-0.25, -0.2) is 0 Å². The number of carbonyl (C=O) groups excluding carboxylic acids is 1. The molecule has 1 spiro atoms. The van der Waals surface area contributed by atoms with Gasteiger partial charge in [-0.1, -0.05) is 12.1 Å². The summed E-state index contributed by atoms with van der Waals surface area (Å²) in [5.41, 5.74) is 1.50. The molecule has 0 saturated carbocycles. The van der Waals surface area contributed by atoms with Gasteiger partial charge in [-0.3, -0.25) is 4.79 Å². The molecule has 2 bridgehead atoms. The molecule has 0 radical (unpaired) electrons. The summed E-state index contributed by atoms with van der Waals surface area (Å²) in [6.45, 7) is -0.394. The summed E-state index contributed by atoms with van der Waals surface area (Å²) in [5, 5.41) is 10.4. The Hall–Kier alpha value is -2.01. The highest BCUT2D eigenvalue weighted by Gasteiger charge is 2.64. The summed E-state index contributed by atoms with van der Waals surface area (Å²) < 4.78 is 35.6. The van der Waals surface area contributed by atoms with Gasteiger partial charge in [0, 0.05) is 34.0 Å². The zero-order chi connectivity index (χ0) is 19.1. The number of likely N-dealkylation sites (N-methyl/N-ethyl adjacent to an activating group) is 1. The van der Waals surface area contributed by atoms with Crippen molar-refractivity contribution in [2.24, 2.45) is 5.92 Å². The summed E-state index contributed by atoms with van der Waals surface area (Å²) >= 11 is 0. The smallest absolute Gasteiger partial charge is 0.303 e. The summed E-state index contributed by atoms with van der Waals surface area (Å²) in [5.74, 6) is 0.0773. The third kappa shape index (κ3) is 1.56. The van der Waals surface area contributed by atoms with Crippen molar-refractivity contribution in [3.63, 3.8) is 0 Å². The molecule has 0 aromatic heterocycles.